The molecule has 0 radical (unpaired) electrons. The van der Waals surface area contributed by atoms with Crippen molar-refractivity contribution >= 4 is 5.91 Å². The first-order valence-electron chi connectivity index (χ1n) is 8.31. The third kappa shape index (κ3) is 4.90. The summed E-state index contributed by atoms with van der Waals surface area (Å²) in [6.07, 6.45) is -15.0. The van der Waals surface area contributed by atoms with Gasteiger partial charge in [0.25, 0.3) is 0 Å². The molecule has 158 valence electrons. The number of aliphatic hydroxyl groups is 7. The molecule has 1 amide bonds. The third-order valence-electron chi connectivity index (χ3n) is 4.39. The fourth-order valence-corrected chi connectivity index (χ4v) is 2.88. The zero-order valence-electron chi connectivity index (χ0n) is 14.5. The predicted molar refractivity (Wildman–Crippen MR) is 83.4 cm³/mol. The molecule has 0 aromatic heterocycles. The number of rotatable bonds is 6. The maximum absolute atomic E-state index is 10.9. The lowest BCUT2D eigenvalue weighted by molar-refractivity contribution is -0.343. The Labute approximate surface area is 154 Å². The van der Waals surface area contributed by atoms with Crippen molar-refractivity contribution in [1.82, 2.24) is 10.9 Å². The molecule has 0 aromatic carbocycles. The highest BCUT2D eigenvalue weighted by molar-refractivity contribution is 5.72. The zero-order valence-corrected chi connectivity index (χ0v) is 14.5. The highest BCUT2D eigenvalue weighted by atomic mass is 16.7. The lowest BCUT2D eigenvalue weighted by Crippen LogP contribution is -2.67. The van der Waals surface area contributed by atoms with Gasteiger partial charge in [-0.05, 0) is 0 Å². The van der Waals surface area contributed by atoms with Crippen LogP contribution in [0.25, 0.3) is 0 Å². The number of amides is 1. The molecule has 2 rings (SSSR count). The van der Waals surface area contributed by atoms with Gasteiger partial charge in [0.1, 0.15) is 48.8 Å². The Morgan fingerprint density at radius 3 is 2.07 bits per heavy atom. The summed E-state index contributed by atoms with van der Waals surface area (Å²) < 4.78 is 15.9. The normalized spacial score (nSPS) is 45.5. The monoisotopic (exact) mass is 398 g/mol. The van der Waals surface area contributed by atoms with E-state index in [0.717, 1.165) is 0 Å². The molecule has 2 aliphatic rings. The van der Waals surface area contributed by atoms with Gasteiger partial charge in [0.2, 0.25) is 5.91 Å². The molecule has 2 fully saturated rings. The van der Waals surface area contributed by atoms with Crippen LogP contribution in [0.1, 0.15) is 6.92 Å². The molecule has 13 heteroatoms. The highest BCUT2D eigenvalue weighted by Gasteiger charge is 2.50. The van der Waals surface area contributed by atoms with Crippen LogP contribution in [0.5, 0.6) is 0 Å². The SMILES string of the molecule is CC(=O)NN[C@@H]1O[C@H](CO)[C@@H](O[C@@H]2O[C@H](CO)[C@H](O)[C@H](O)[C@H]2O)[C@H](O)[C@H]1O. The predicted octanol–water partition coefficient (Wildman–Crippen LogP) is -5.75. The fourth-order valence-electron chi connectivity index (χ4n) is 2.88. The summed E-state index contributed by atoms with van der Waals surface area (Å²) >= 11 is 0. The summed E-state index contributed by atoms with van der Waals surface area (Å²) in [6, 6.07) is 0. The number of ether oxygens (including phenoxy) is 3. The van der Waals surface area contributed by atoms with E-state index in [1.807, 2.05) is 0 Å². The van der Waals surface area contributed by atoms with Crippen LogP contribution in [0.4, 0.5) is 0 Å². The first-order valence-corrected chi connectivity index (χ1v) is 8.31. The average molecular weight is 398 g/mol. The minimum atomic E-state index is -1.73. The van der Waals surface area contributed by atoms with Crippen LogP contribution in [0.3, 0.4) is 0 Å². The van der Waals surface area contributed by atoms with Gasteiger partial charge in [-0.3, -0.25) is 10.2 Å². The molecule has 27 heavy (non-hydrogen) atoms. The quantitative estimate of drug-likeness (QED) is 0.192. The van der Waals surface area contributed by atoms with E-state index in [4.69, 9.17) is 14.2 Å². The topological polar surface area (TPSA) is 210 Å². The van der Waals surface area contributed by atoms with Crippen LogP contribution >= 0.6 is 0 Å². The van der Waals surface area contributed by atoms with Crippen LogP contribution in [-0.4, -0.2) is 116 Å². The van der Waals surface area contributed by atoms with E-state index >= 15 is 0 Å². The summed E-state index contributed by atoms with van der Waals surface area (Å²) in [7, 11) is 0. The Kier molecular flexibility index (Phi) is 7.84. The lowest BCUT2D eigenvalue weighted by atomic mass is 9.96. The maximum atomic E-state index is 10.9. The van der Waals surface area contributed by atoms with Crippen LogP contribution < -0.4 is 10.9 Å². The molecule has 13 nitrogen and oxygen atoms in total. The molecule has 0 saturated carbocycles. The number of hydrogen-bond acceptors (Lipinski definition) is 12. The van der Waals surface area contributed by atoms with Crippen molar-refractivity contribution in [2.24, 2.45) is 0 Å². The number of carbonyl (C=O) groups is 1. The molecule has 0 aromatic rings. The third-order valence-corrected chi connectivity index (χ3v) is 4.39. The Morgan fingerprint density at radius 1 is 0.889 bits per heavy atom. The van der Waals surface area contributed by atoms with Gasteiger partial charge in [-0.2, -0.15) is 0 Å². The second kappa shape index (κ2) is 9.49. The van der Waals surface area contributed by atoms with Crippen LogP contribution in [0, 0.1) is 0 Å². The number of hydrazine groups is 1. The van der Waals surface area contributed by atoms with E-state index in [1.54, 1.807) is 0 Å². The molecule has 10 atom stereocenters. The van der Waals surface area contributed by atoms with E-state index in [1.165, 1.54) is 6.92 Å². The molecule has 0 spiro atoms. The van der Waals surface area contributed by atoms with E-state index in [-0.39, 0.29) is 0 Å². The summed E-state index contributed by atoms with van der Waals surface area (Å²) in [6.45, 7) is -0.138. The minimum Gasteiger partial charge on any atom is -0.394 e. The van der Waals surface area contributed by atoms with Crippen molar-refractivity contribution in [2.75, 3.05) is 13.2 Å². The van der Waals surface area contributed by atoms with E-state index < -0.39 is 80.5 Å². The minimum absolute atomic E-state index is 0.486. The molecule has 2 aliphatic heterocycles. The molecule has 9 N–H and O–H groups in total. The molecular formula is C14H26N2O11. The van der Waals surface area contributed by atoms with Gasteiger partial charge in [0.05, 0.1) is 13.2 Å². The van der Waals surface area contributed by atoms with Crippen LogP contribution in [0.2, 0.25) is 0 Å². The molecule has 2 heterocycles. The smallest absolute Gasteiger partial charge is 0.231 e. The van der Waals surface area contributed by atoms with E-state index in [9.17, 15) is 40.5 Å². The average Bonchev–Trinajstić information content (AvgIpc) is 2.64. The highest BCUT2D eigenvalue weighted by Crippen LogP contribution is 2.28. The van der Waals surface area contributed by atoms with Crippen molar-refractivity contribution in [3.63, 3.8) is 0 Å². The van der Waals surface area contributed by atoms with Gasteiger partial charge >= 0.3 is 0 Å². The summed E-state index contributed by atoms with van der Waals surface area (Å²) in [5.74, 6) is -0.486. The summed E-state index contributed by atoms with van der Waals surface area (Å²) in [5.41, 5.74) is 4.52. The molecule has 0 unspecified atom stereocenters. The fraction of sp³-hybridized carbons (Fsp3) is 0.929. The number of nitrogens with one attached hydrogen (secondary N) is 2. The number of hydrogen-bond donors (Lipinski definition) is 9. The second-order valence-corrected chi connectivity index (χ2v) is 6.38. The van der Waals surface area contributed by atoms with Crippen LogP contribution in [0.15, 0.2) is 0 Å². The first-order chi connectivity index (χ1) is 12.7. The van der Waals surface area contributed by atoms with Gasteiger partial charge in [-0.1, -0.05) is 0 Å². The van der Waals surface area contributed by atoms with E-state index in [0.29, 0.717) is 0 Å². The van der Waals surface area contributed by atoms with Gasteiger partial charge in [0.15, 0.2) is 12.5 Å². The maximum Gasteiger partial charge on any atom is 0.231 e. The molecule has 0 bridgehead atoms. The van der Waals surface area contributed by atoms with Crippen molar-refractivity contribution in [3.05, 3.63) is 0 Å². The number of aliphatic hydroxyl groups excluding tert-OH is 7. The molecular weight excluding hydrogens is 372 g/mol. The van der Waals surface area contributed by atoms with E-state index in [2.05, 4.69) is 10.9 Å². The van der Waals surface area contributed by atoms with Crippen molar-refractivity contribution in [3.8, 4) is 0 Å². The lowest BCUT2D eigenvalue weighted by Gasteiger charge is -2.46. The van der Waals surface area contributed by atoms with Gasteiger partial charge in [0, 0.05) is 6.92 Å². The zero-order chi connectivity index (χ0) is 20.3. The Morgan fingerprint density at radius 2 is 1.52 bits per heavy atom. The van der Waals surface area contributed by atoms with Crippen molar-refractivity contribution < 1.29 is 54.8 Å². The van der Waals surface area contributed by atoms with Crippen molar-refractivity contribution in [1.29, 1.82) is 0 Å². The Hall–Kier alpha value is -0.970. The summed E-state index contributed by atoms with van der Waals surface area (Å²) in [5, 5.41) is 68.7. The van der Waals surface area contributed by atoms with Crippen molar-refractivity contribution in [2.45, 2.75) is 68.3 Å². The standard InChI is InChI=1S/C14H26N2O11/c1-4(19)15-16-13-10(23)9(22)12(6(3-18)25-13)27-14-11(24)8(21)7(20)5(2-17)26-14/h5-14,16-18,20-24H,2-3H2,1H3,(H,15,19)/t5-,6-,7+,8+,9-,10-,11-,12-,13-,14+/m1/s1. The first kappa shape index (κ1) is 22.3. The molecule has 2 saturated heterocycles. The number of carbonyl (C=O) groups excluding carboxylic acids is 1. The summed E-state index contributed by atoms with van der Waals surface area (Å²) in [4.78, 5) is 10.9. The Bertz CT molecular complexity index is 494. The largest absolute Gasteiger partial charge is 0.394 e. The van der Waals surface area contributed by atoms with Gasteiger partial charge < -0.3 is 50.0 Å². The Balaban J connectivity index is 2.09. The van der Waals surface area contributed by atoms with Gasteiger partial charge in [-0.15, -0.1) is 0 Å². The van der Waals surface area contributed by atoms with Crippen LogP contribution in [-0.2, 0) is 19.0 Å². The molecule has 0 aliphatic carbocycles. The second-order valence-electron chi connectivity index (χ2n) is 6.38. The van der Waals surface area contributed by atoms with Gasteiger partial charge in [-0.25, -0.2) is 5.43 Å².